The number of imidazole rings is 1. The van der Waals surface area contributed by atoms with Crippen molar-refractivity contribution in [1.29, 1.82) is 0 Å². The summed E-state index contributed by atoms with van der Waals surface area (Å²) in [7, 11) is 0. The average Bonchev–Trinajstić information content (AvgIpc) is 2.84. The van der Waals surface area contributed by atoms with Crippen LogP contribution in [-0.2, 0) is 13.0 Å². The second-order valence-electron chi connectivity index (χ2n) is 5.33. The van der Waals surface area contributed by atoms with Crippen molar-refractivity contribution >= 4 is 11.0 Å². The molecule has 1 aromatic heterocycles. The van der Waals surface area contributed by atoms with Gasteiger partial charge in [0.2, 0.25) is 0 Å². The SMILES string of the molecule is Cc1ccc(Cc2nc3ccc(CN)cc3[nH]2)cc1C. The first kappa shape index (κ1) is 12.9. The van der Waals surface area contributed by atoms with Crippen LogP contribution in [0.3, 0.4) is 0 Å². The molecule has 0 unspecified atom stereocenters. The van der Waals surface area contributed by atoms with E-state index in [0.29, 0.717) is 6.54 Å². The summed E-state index contributed by atoms with van der Waals surface area (Å²) in [5, 5.41) is 0. The third-order valence-electron chi connectivity index (χ3n) is 3.77. The number of rotatable bonds is 3. The number of aromatic nitrogens is 2. The molecule has 0 aliphatic rings. The van der Waals surface area contributed by atoms with Crippen LogP contribution in [0.15, 0.2) is 36.4 Å². The molecule has 3 heteroatoms. The molecule has 0 aliphatic heterocycles. The van der Waals surface area contributed by atoms with Crippen LogP contribution in [0.25, 0.3) is 11.0 Å². The van der Waals surface area contributed by atoms with Crippen LogP contribution in [-0.4, -0.2) is 9.97 Å². The number of H-pyrrole nitrogens is 1. The number of fused-ring (bicyclic) bond motifs is 1. The highest BCUT2D eigenvalue weighted by atomic mass is 14.9. The zero-order valence-corrected chi connectivity index (χ0v) is 11.9. The number of nitrogens with one attached hydrogen (secondary N) is 1. The van der Waals surface area contributed by atoms with Crippen LogP contribution in [0.5, 0.6) is 0 Å². The van der Waals surface area contributed by atoms with E-state index in [1.165, 1.54) is 16.7 Å². The largest absolute Gasteiger partial charge is 0.342 e. The predicted molar refractivity (Wildman–Crippen MR) is 82.7 cm³/mol. The summed E-state index contributed by atoms with van der Waals surface area (Å²) in [5.74, 6) is 0.998. The van der Waals surface area contributed by atoms with Crippen LogP contribution >= 0.6 is 0 Å². The summed E-state index contributed by atoms with van der Waals surface area (Å²) >= 11 is 0. The maximum Gasteiger partial charge on any atom is 0.111 e. The number of hydrogen-bond acceptors (Lipinski definition) is 2. The van der Waals surface area contributed by atoms with E-state index in [2.05, 4.69) is 48.1 Å². The van der Waals surface area contributed by atoms with Gasteiger partial charge in [0.1, 0.15) is 5.82 Å². The minimum absolute atomic E-state index is 0.557. The number of benzene rings is 2. The lowest BCUT2D eigenvalue weighted by atomic mass is 10.0. The molecule has 0 fully saturated rings. The van der Waals surface area contributed by atoms with Crippen molar-refractivity contribution in [3.63, 3.8) is 0 Å². The lowest BCUT2D eigenvalue weighted by Crippen LogP contribution is -1.95. The van der Waals surface area contributed by atoms with Crippen molar-refractivity contribution < 1.29 is 0 Å². The van der Waals surface area contributed by atoms with E-state index in [1.807, 2.05) is 12.1 Å². The molecule has 0 spiro atoms. The predicted octanol–water partition coefficient (Wildman–Crippen LogP) is 3.23. The fourth-order valence-corrected chi connectivity index (χ4v) is 2.43. The number of nitrogens with two attached hydrogens (primary N) is 1. The van der Waals surface area contributed by atoms with Crippen LogP contribution in [0.4, 0.5) is 0 Å². The number of aromatic amines is 1. The number of aryl methyl sites for hydroxylation is 2. The van der Waals surface area contributed by atoms with Crippen LogP contribution in [0, 0.1) is 13.8 Å². The van der Waals surface area contributed by atoms with Crippen molar-refractivity contribution in [2.45, 2.75) is 26.8 Å². The summed E-state index contributed by atoms with van der Waals surface area (Å²) in [4.78, 5) is 8.03. The Hall–Kier alpha value is -2.13. The first-order valence-corrected chi connectivity index (χ1v) is 6.89. The Balaban J connectivity index is 1.92. The molecule has 1 heterocycles. The lowest BCUT2D eigenvalue weighted by molar-refractivity contribution is 1.03. The van der Waals surface area contributed by atoms with Crippen LogP contribution in [0.1, 0.15) is 28.1 Å². The van der Waals surface area contributed by atoms with Crippen molar-refractivity contribution in [1.82, 2.24) is 9.97 Å². The second-order valence-corrected chi connectivity index (χ2v) is 5.33. The standard InChI is InChI=1S/C17H19N3/c1-11-3-4-13(7-12(11)2)9-17-19-15-6-5-14(10-18)8-16(15)20-17/h3-8H,9-10,18H2,1-2H3,(H,19,20). The molecule has 102 valence electrons. The van der Waals surface area contributed by atoms with Crippen molar-refractivity contribution in [2.75, 3.05) is 0 Å². The van der Waals surface area contributed by atoms with E-state index in [1.54, 1.807) is 0 Å². The Bertz CT molecular complexity index is 756. The van der Waals surface area contributed by atoms with Gasteiger partial charge in [-0.15, -0.1) is 0 Å². The van der Waals surface area contributed by atoms with Gasteiger partial charge in [0, 0.05) is 13.0 Å². The normalized spacial score (nSPS) is 11.2. The molecule has 3 nitrogen and oxygen atoms in total. The van der Waals surface area contributed by atoms with Gasteiger partial charge in [0.05, 0.1) is 11.0 Å². The molecule has 0 atom stereocenters. The zero-order valence-electron chi connectivity index (χ0n) is 11.9. The Morgan fingerprint density at radius 1 is 1.00 bits per heavy atom. The molecular weight excluding hydrogens is 246 g/mol. The molecule has 0 bridgehead atoms. The van der Waals surface area contributed by atoms with Gasteiger partial charge < -0.3 is 10.7 Å². The van der Waals surface area contributed by atoms with Crippen LogP contribution in [0.2, 0.25) is 0 Å². The molecular formula is C17H19N3. The molecule has 3 rings (SSSR count). The molecule has 0 saturated heterocycles. The van der Waals surface area contributed by atoms with Crippen molar-refractivity contribution in [2.24, 2.45) is 5.73 Å². The van der Waals surface area contributed by atoms with E-state index in [0.717, 1.165) is 28.8 Å². The summed E-state index contributed by atoms with van der Waals surface area (Å²) in [6.07, 6.45) is 0.827. The highest BCUT2D eigenvalue weighted by Gasteiger charge is 2.05. The third kappa shape index (κ3) is 2.45. The molecule has 0 amide bonds. The summed E-state index contributed by atoms with van der Waals surface area (Å²) < 4.78 is 0. The van der Waals surface area contributed by atoms with Gasteiger partial charge in [-0.25, -0.2) is 4.98 Å². The van der Waals surface area contributed by atoms with Crippen molar-refractivity contribution in [3.8, 4) is 0 Å². The van der Waals surface area contributed by atoms with Gasteiger partial charge in [-0.3, -0.25) is 0 Å². The van der Waals surface area contributed by atoms with Gasteiger partial charge >= 0.3 is 0 Å². The Kier molecular flexibility index (Phi) is 3.28. The Morgan fingerprint density at radius 3 is 2.55 bits per heavy atom. The summed E-state index contributed by atoms with van der Waals surface area (Å²) in [6.45, 7) is 4.83. The highest BCUT2D eigenvalue weighted by molar-refractivity contribution is 5.75. The van der Waals surface area contributed by atoms with E-state index in [9.17, 15) is 0 Å². The van der Waals surface area contributed by atoms with Gasteiger partial charge in [0.15, 0.2) is 0 Å². The van der Waals surface area contributed by atoms with Gasteiger partial charge in [-0.2, -0.15) is 0 Å². The minimum Gasteiger partial charge on any atom is -0.342 e. The third-order valence-corrected chi connectivity index (χ3v) is 3.77. The summed E-state index contributed by atoms with van der Waals surface area (Å²) in [6, 6.07) is 12.7. The Morgan fingerprint density at radius 2 is 1.80 bits per heavy atom. The molecule has 3 aromatic rings. The number of hydrogen-bond donors (Lipinski definition) is 2. The average molecular weight is 265 g/mol. The monoisotopic (exact) mass is 265 g/mol. The minimum atomic E-state index is 0.557. The van der Waals surface area contributed by atoms with Crippen LogP contribution < -0.4 is 5.73 Å². The molecule has 3 N–H and O–H groups in total. The molecule has 0 aliphatic carbocycles. The first-order valence-electron chi connectivity index (χ1n) is 6.89. The Labute approximate surface area is 118 Å². The van der Waals surface area contributed by atoms with E-state index < -0.39 is 0 Å². The zero-order chi connectivity index (χ0) is 14.1. The quantitative estimate of drug-likeness (QED) is 0.764. The lowest BCUT2D eigenvalue weighted by Gasteiger charge is -2.03. The molecule has 20 heavy (non-hydrogen) atoms. The molecule has 2 aromatic carbocycles. The summed E-state index contributed by atoms with van der Waals surface area (Å²) in [5.41, 5.74) is 12.8. The molecule has 0 saturated carbocycles. The van der Waals surface area contributed by atoms with Gasteiger partial charge in [0.25, 0.3) is 0 Å². The topological polar surface area (TPSA) is 54.7 Å². The van der Waals surface area contributed by atoms with Crippen molar-refractivity contribution in [3.05, 3.63) is 64.5 Å². The van der Waals surface area contributed by atoms with E-state index >= 15 is 0 Å². The maximum absolute atomic E-state index is 5.67. The fraction of sp³-hybridized carbons (Fsp3) is 0.235. The van der Waals surface area contributed by atoms with E-state index in [4.69, 9.17) is 5.73 Å². The van der Waals surface area contributed by atoms with E-state index in [-0.39, 0.29) is 0 Å². The van der Waals surface area contributed by atoms with Gasteiger partial charge in [-0.1, -0.05) is 24.3 Å². The number of nitrogens with zero attached hydrogens (tertiary/aromatic N) is 1. The molecule has 0 radical (unpaired) electrons. The highest BCUT2D eigenvalue weighted by Crippen LogP contribution is 2.17. The fourth-order valence-electron chi connectivity index (χ4n) is 2.43. The first-order chi connectivity index (χ1) is 9.65. The van der Waals surface area contributed by atoms with Gasteiger partial charge in [-0.05, 0) is 48.2 Å². The second kappa shape index (κ2) is 5.10. The smallest absolute Gasteiger partial charge is 0.111 e. The maximum atomic E-state index is 5.67.